The summed E-state index contributed by atoms with van der Waals surface area (Å²) in [7, 11) is 1.97. The van der Waals surface area contributed by atoms with Crippen molar-refractivity contribution >= 4 is 0 Å². The van der Waals surface area contributed by atoms with Crippen LogP contribution >= 0.6 is 0 Å². The van der Waals surface area contributed by atoms with Crippen LogP contribution in [0.25, 0.3) is 0 Å². The van der Waals surface area contributed by atoms with Gasteiger partial charge in [-0.1, -0.05) is 0 Å². The van der Waals surface area contributed by atoms with Crippen LogP contribution < -0.4 is 0 Å². The topological polar surface area (TPSA) is 56.6 Å². The number of aliphatic hydroxyl groups excluding tert-OH is 2. The highest BCUT2D eigenvalue weighted by molar-refractivity contribution is 5.09. The summed E-state index contributed by atoms with van der Waals surface area (Å²) in [6, 6.07) is 4.04. The van der Waals surface area contributed by atoms with Crippen molar-refractivity contribution < 1.29 is 10.2 Å². The van der Waals surface area contributed by atoms with E-state index in [1.165, 1.54) is 5.56 Å². The van der Waals surface area contributed by atoms with Gasteiger partial charge in [0.1, 0.15) is 0 Å². The van der Waals surface area contributed by atoms with E-state index in [1.807, 2.05) is 19.2 Å². The van der Waals surface area contributed by atoms with Crippen LogP contribution in [0.15, 0.2) is 24.5 Å². The second kappa shape index (κ2) is 7.33. The molecule has 0 saturated heterocycles. The van der Waals surface area contributed by atoms with E-state index in [4.69, 9.17) is 10.2 Å². The molecule has 4 nitrogen and oxygen atoms in total. The first-order valence-electron chi connectivity index (χ1n) is 5.58. The fourth-order valence-electron chi connectivity index (χ4n) is 1.64. The van der Waals surface area contributed by atoms with Crippen LogP contribution in [0.1, 0.15) is 12.0 Å². The molecule has 1 heterocycles. The van der Waals surface area contributed by atoms with Crippen molar-refractivity contribution in [2.75, 3.05) is 26.8 Å². The fourth-order valence-corrected chi connectivity index (χ4v) is 1.64. The third kappa shape index (κ3) is 4.26. The van der Waals surface area contributed by atoms with Gasteiger partial charge >= 0.3 is 0 Å². The van der Waals surface area contributed by atoms with Crippen molar-refractivity contribution in [3.05, 3.63) is 30.1 Å². The van der Waals surface area contributed by atoms with Crippen molar-refractivity contribution in [2.45, 2.75) is 18.9 Å². The third-order valence-electron chi connectivity index (χ3n) is 2.80. The molecule has 0 radical (unpaired) electrons. The average molecular weight is 224 g/mol. The quantitative estimate of drug-likeness (QED) is 0.699. The molecule has 1 aromatic heterocycles. The molecule has 16 heavy (non-hydrogen) atoms. The fraction of sp³-hybridized carbons (Fsp3) is 0.583. The molecule has 2 N–H and O–H groups in total. The zero-order valence-electron chi connectivity index (χ0n) is 9.71. The predicted molar refractivity (Wildman–Crippen MR) is 63.1 cm³/mol. The Kier molecular flexibility index (Phi) is 6.00. The molecule has 1 atom stereocenters. The van der Waals surface area contributed by atoms with Crippen LogP contribution in [-0.2, 0) is 6.42 Å². The van der Waals surface area contributed by atoms with E-state index in [0.717, 1.165) is 13.0 Å². The van der Waals surface area contributed by atoms with Crippen molar-refractivity contribution in [3.63, 3.8) is 0 Å². The minimum Gasteiger partial charge on any atom is -0.396 e. The number of aliphatic hydroxyl groups is 2. The molecule has 1 aromatic rings. The maximum Gasteiger partial charge on any atom is 0.0587 e. The van der Waals surface area contributed by atoms with Gasteiger partial charge in [0.15, 0.2) is 0 Å². The Bertz CT molecular complexity index is 280. The van der Waals surface area contributed by atoms with E-state index >= 15 is 0 Å². The van der Waals surface area contributed by atoms with E-state index in [9.17, 15) is 0 Å². The zero-order valence-corrected chi connectivity index (χ0v) is 9.71. The normalized spacial score (nSPS) is 13.0. The highest BCUT2D eigenvalue weighted by Gasteiger charge is 2.12. The molecule has 0 spiro atoms. The molecule has 1 rings (SSSR count). The molecule has 0 bridgehead atoms. The van der Waals surface area contributed by atoms with Gasteiger partial charge < -0.3 is 15.1 Å². The summed E-state index contributed by atoms with van der Waals surface area (Å²) in [5.41, 5.74) is 1.24. The Morgan fingerprint density at radius 3 is 2.56 bits per heavy atom. The first-order valence-corrected chi connectivity index (χ1v) is 5.58. The molecule has 4 heteroatoms. The number of hydrogen-bond donors (Lipinski definition) is 2. The largest absolute Gasteiger partial charge is 0.396 e. The third-order valence-corrected chi connectivity index (χ3v) is 2.80. The summed E-state index contributed by atoms with van der Waals surface area (Å²) in [5.74, 6) is 0. The lowest BCUT2D eigenvalue weighted by Crippen LogP contribution is -2.36. The molecular formula is C12H20N2O2. The molecule has 0 aliphatic carbocycles. The van der Waals surface area contributed by atoms with Crippen LogP contribution in [0.3, 0.4) is 0 Å². The van der Waals surface area contributed by atoms with Gasteiger partial charge in [-0.25, -0.2) is 0 Å². The van der Waals surface area contributed by atoms with Crippen LogP contribution in [0.4, 0.5) is 0 Å². The average Bonchev–Trinajstić information content (AvgIpc) is 2.34. The first kappa shape index (κ1) is 13.1. The molecule has 90 valence electrons. The van der Waals surface area contributed by atoms with E-state index in [0.29, 0.717) is 6.42 Å². The second-order valence-corrected chi connectivity index (χ2v) is 3.93. The van der Waals surface area contributed by atoms with Crippen LogP contribution in [0, 0.1) is 0 Å². The maximum atomic E-state index is 9.16. The second-order valence-electron chi connectivity index (χ2n) is 3.93. The van der Waals surface area contributed by atoms with Crippen molar-refractivity contribution in [1.29, 1.82) is 0 Å². The van der Waals surface area contributed by atoms with Gasteiger partial charge in [-0.15, -0.1) is 0 Å². The molecule has 0 aliphatic rings. The lowest BCUT2D eigenvalue weighted by Gasteiger charge is -2.25. The number of likely N-dealkylation sites (N-methyl/N-ethyl adjacent to an activating group) is 1. The summed E-state index contributed by atoms with van der Waals surface area (Å²) in [4.78, 5) is 6.05. The van der Waals surface area contributed by atoms with Gasteiger partial charge in [-0.2, -0.15) is 0 Å². The Labute approximate surface area is 96.6 Å². The van der Waals surface area contributed by atoms with Gasteiger partial charge in [-0.3, -0.25) is 4.98 Å². The number of rotatable bonds is 7. The molecule has 1 unspecified atom stereocenters. The van der Waals surface area contributed by atoms with Gasteiger partial charge in [0, 0.05) is 31.6 Å². The molecule has 0 saturated carbocycles. The first-order chi connectivity index (χ1) is 7.77. The van der Waals surface area contributed by atoms with E-state index < -0.39 is 0 Å². The van der Waals surface area contributed by atoms with Crippen LogP contribution in [-0.4, -0.2) is 52.9 Å². The summed E-state index contributed by atoms with van der Waals surface area (Å²) in [6.07, 6.45) is 5.11. The monoisotopic (exact) mass is 224 g/mol. The van der Waals surface area contributed by atoms with Crippen LogP contribution in [0.5, 0.6) is 0 Å². The van der Waals surface area contributed by atoms with E-state index in [1.54, 1.807) is 12.4 Å². The molecular weight excluding hydrogens is 204 g/mol. The highest BCUT2D eigenvalue weighted by Crippen LogP contribution is 2.04. The lowest BCUT2D eigenvalue weighted by molar-refractivity contribution is 0.120. The molecule has 0 aromatic carbocycles. The standard InChI is InChI=1S/C12H20N2O2/c1-14(12(10-16)5-9-15)8-4-11-2-6-13-7-3-11/h2-3,6-7,12,15-16H,4-5,8-10H2,1H3. The number of aromatic nitrogens is 1. The lowest BCUT2D eigenvalue weighted by atomic mass is 10.1. The van der Waals surface area contributed by atoms with Gasteiger partial charge in [0.25, 0.3) is 0 Å². The molecule has 0 amide bonds. The Hall–Kier alpha value is -0.970. The highest BCUT2D eigenvalue weighted by atomic mass is 16.3. The molecule has 0 fully saturated rings. The minimum absolute atomic E-state index is 0.0480. The zero-order chi connectivity index (χ0) is 11.8. The SMILES string of the molecule is CN(CCc1ccncc1)C(CO)CCO. The summed E-state index contributed by atoms with van der Waals surface area (Å²) >= 11 is 0. The minimum atomic E-state index is 0.0480. The summed E-state index contributed by atoms with van der Waals surface area (Å²) < 4.78 is 0. The Morgan fingerprint density at radius 2 is 2.00 bits per heavy atom. The Balaban J connectivity index is 2.36. The van der Waals surface area contributed by atoms with Crippen molar-refractivity contribution in [2.24, 2.45) is 0 Å². The number of pyridine rings is 1. The number of hydrogen-bond acceptors (Lipinski definition) is 4. The van der Waals surface area contributed by atoms with Gasteiger partial charge in [0.2, 0.25) is 0 Å². The van der Waals surface area contributed by atoms with Crippen molar-refractivity contribution in [1.82, 2.24) is 9.88 Å². The number of nitrogens with zero attached hydrogens (tertiary/aromatic N) is 2. The summed E-state index contributed by atoms with van der Waals surface area (Å²) in [6.45, 7) is 1.08. The Morgan fingerprint density at radius 1 is 1.31 bits per heavy atom. The van der Waals surface area contributed by atoms with Gasteiger partial charge in [0.05, 0.1) is 6.61 Å². The van der Waals surface area contributed by atoms with E-state index in [2.05, 4.69) is 9.88 Å². The summed E-state index contributed by atoms with van der Waals surface area (Å²) in [5, 5.41) is 18.0. The predicted octanol–water partition coefficient (Wildman–Crippen LogP) is 0.299. The van der Waals surface area contributed by atoms with E-state index in [-0.39, 0.29) is 19.3 Å². The van der Waals surface area contributed by atoms with Crippen molar-refractivity contribution in [3.8, 4) is 0 Å². The molecule has 0 aliphatic heterocycles. The van der Waals surface area contributed by atoms with Gasteiger partial charge in [-0.05, 0) is 37.6 Å². The maximum absolute atomic E-state index is 9.16. The smallest absolute Gasteiger partial charge is 0.0587 e. The van der Waals surface area contributed by atoms with Crippen LogP contribution in [0.2, 0.25) is 0 Å².